The normalized spacial score (nSPS) is 19.4. The zero-order chi connectivity index (χ0) is 18.8. The van der Waals surface area contributed by atoms with Crippen molar-refractivity contribution in [1.82, 2.24) is 19.9 Å². The zero-order valence-corrected chi connectivity index (χ0v) is 15.5. The molecule has 1 amide bonds. The van der Waals surface area contributed by atoms with Gasteiger partial charge in [-0.1, -0.05) is 59.3 Å². The molecule has 7 heteroatoms. The van der Waals surface area contributed by atoms with Crippen LogP contribution in [0.3, 0.4) is 0 Å². The second-order valence-electron chi connectivity index (χ2n) is 6.72. The fourth-order valence-corrected chi connectivity index (χ4v) is 3.86. The highest BCUT2D eigenvalue weighted by molar-refractivity contribution is 6.32. The molecule has 1 aliphatic heterocycles. The third-order valence-corrected chi connectivity index (χ3v) is 5.39. The van der Waals surface area contributed by atoms with E-state index >= 15 is 0 Å². The molecule has 3 aromatic rings. The number of nitrogens with two attached hydrogens (primary N) is 1. The largest absolute Gasteiger partial charge is 0.336 e. The first-order chi connectivity index (χ1) is 13.2. The van der Waals surface area contributed by atoms with E-state index in [4.69, 9.17) is 17.3 Å². The molecule has 1 aliphatic rings. The van der Waals surface area contributed by atoms with Crippen LogP contribution < -0.4 is 5.73 Å². The Labute approximate surface area is 162 Å². The van der Waals surface area contributed by atoms with Crippen LogP contribution in [-0.2, 0) is 0 Å². The van der Waals surface area contributed by atoms with Crippen LogP contribution in [0.2, 0.25) is 5.02 Å². The molecule has 1 fully saturated rings. The second kappa shape index (κ2) is 7.50. The van der Waals surface area contributed by atoms with E-state index in [0.717, 1.165) is 0 Å². The molecule has 0 saturated carbocycles. The minimum Gasteiger partial charge on any atom is -0.336 e. The molecule has 2 N–H and O–H groups in total. The Kier molecular flexibility index (Phi) is 4.92. The standard InChI is InChI=1S/C20H20ClN5O/c21-17-8-4-5-9-19(17)26-13-18(23-24-26)20(27)25-11-15(10-22)16(12-25)14-6-2-1-3-7-14/h1-9,13,15-16H,10-12,22H2/t15-,16+/m1/s1. The van der Waals surface area contributed by atoms with Gasteiger partial charge in [-0.05, 0) is 30.2 Å². The highest BCUT2D eigenvalue weighted by Crippen LogP contribution is 2.32. The van der Waals surface area contributed by atoms with Crippen LogP contribution in [0.4, 0.5) is 0 Å². The van der Waals surface area contributed by atoms with Crippen LogP contribution in [0, 0.1) is 5.92 Å². The zero-order valence-electron chi connectivity index (χ0n) is 14.7. The maximum atomic E-state index is 13.0. The monoisotopic (exact) mass is 381 g/mol. The Morgan fingerprint density at radius 1 is 1.11 bits per heavy atom. The summed E-state index contributed by atoms with van der Waals surface area (Å²) in [5, 5.41) is 8.68. The molecular formula is C20H20ClN5O. The van der Waals surface area contributed by atoms with Crippen molar-refractivity contribution in [2.75, 3.05) is 19.6 Å². The molecule has 2 heterocycles. The van der Waals surface area contributed by atoms with E-state index in [-0.39, 0.29) is 17.7 Å². The van der Waals surface area contributed by atoms with Crippen molar-refractivity contribution in [3.63, 3.8) is 0 Å². The Balaban J connectivity index is 1.55. The number of aromatic nitrogens is 3. The van der Waals surface area contributed by atoms with Crippen LogP contribution in [0.15, 0.2) is 60.8 Å². The minimum atomic E-state index is -0.134. The summed E-state index contributed by atoms with van der Waals surface area (Å²) < 4.78 is 1.53. The number of para-hydroxylation sites is 1. The number of carbonyl (C=O) groups excluding carboxylic acids is 1. The van der Waals surface area contributed by atoms with Crippen molar-refractivity contribution in [1.29, 1.82) is 0 Å². The lowest BCUT2D eigenvalue weighted by molar-refractivity contribution is 0.0780. The number of hydrogen-bond acceptors (Lipinski definition) is 4. The number of carbonyl (C=O) groups is 1. The van der Waals surface area contributed by atoms with Gasteiger partial charge in [0.1, 0.15) is 0 Å². The molecular weight excluding hydrogens is 362 g/mol. The van der Waals surface area contributed by atoms with Crippen molar-refractivity contribution >= 4 is 17.5 Å². The summed E-state index contributed by atoms with van der Waals surface area (Å²) in [6.45, 7) is 1.78. The first-order valence-electron chi connectivity index (χ1n) is 8.89. The minimum absolute atomic E-state index is 0.134. The SMILES string of the molecule is NC[C@@H]1CN(C(=O)c2cn(-c3ccccc3Cl)nn2)C[C@H]1c1ccccc1. The number of benzene rings is 2. The van der Waals surface area contributed by atoms with Gasteiger partial charge in [0.05, 0.1) is 16.9 Å². The van der Waals surface area contributed by atoms with Crippen LogP contribution >= 0.6 is 11.6 Å². The van der Waals surface area contributed by atoms with Crippen LogP contribution in [0.5, 0.6) is 0 Å². The Morgan fingerprint density at radius 3 is 2.59 bits per heavy atom. The van der Waals surface area contributed by atoms with E-state index in [2.05, 4.69) is 22.4 Å². The summed E-state index contributed by atoms with van der Waals surface area (Å²) in [6.07, 6.45) is 1.62. The molecule has 0 unspecified atom stereocenters. The fraction of sp³-hybridized carbons (Fsp3) is 0.250. The summed E-state index contributed by atoms with van der Waals surface area (Å²) in [5.74, 6) is 0.332. The number of amides is 1. The highest BCUT2D eigenvalue weighted by atomic mass is 35.5. The summed E-state index contributed by atoms with van der Waals surface area (Å²) in [6, 6.07) is 17.5. The van der Waals surface area contributed by atoms with Crippen molar-refractivity contribution in [2.24, 2.45) is 11.7 Å². The van der Waals surface area contributed by atoms with Crippen molar-refractivity contribution in [3.05, 3.63) is 77.1 Å². The van der Waals surface area contributed by atoms with E-state index in [0.29, 0.717) is 36.0 Å². The lowest BCUT2D eigenvalue weighted by Crippen LogP contribution is -2.30. The number of halogens is 1. The number of hydrogen-bond donors (Lipinski definition) is 1. The predicted molar refractivity (Wildman–Crippen MR) is 104 cm³/mol. The van der Waals surface area contributed by atoms with Gasteiger partial charge in [0, 0.05) is 19.0 Å². The van der Waals surface area contributed by atoms with Gasteiger partial charge < -0.3 is 10.6 Å². The molecule has 2 aromatic carbocycles. The maximum absolute atomic E-state index is 13.0. The molecule has 4 rings (SSSR count). The van der Waals surface area contributed by atoms with Gasteiger partial charge in [-0.3, -0.25) is 4.79 Å². The number of nitrogens with zero attached hydrogens (tertiary/aromatic N) is 4. The third-order valence-electron chi connectivity index (χ3n) is 5.07. The summed E-state index contributed by atoms with van der Waals surface area (Å²) in [7, 11) is 0. The number of rotatable bonds is 4. The lowest BCUT2D eigenvalue weighted by Gasteiger charge is -2.16. The summed E-state index contributed by atoms with van der Waals surface area (Å²) in [4.78, 5) is 14.8. The summed E-state index contributed by atoms with van der Waals surface area (Å²) >= 11 is 6.20. The van der Waals surface area contributed by atoms with Crippen molar-refractivity contribution < 1.29 is 4.79 Å². The van der Waals surface area contributed by atoms with Gasteiger partial charge in [0.15, 0.2) is 5.69 Å². The van der Waals surface area contributed by atoms with Gasteiger partial charge in [0.2, 0.25) is 0 Å². The van der Waals surface area contributed by atoms with Gasteiger partial charge in [-0.25, -0.2) is 4.68 Å². The Morgan fingerprint density at radius 2 is 1.85 bits per heavy atom. The van der Waals surface area contributed by atoms with Crippen LogP contribution in [-0.4, -0.2) is 45.4 Å². The van der Waals surface area contributed by atoms with E-state index in [1.165, 1.54) is 10.2 Å². The van der Waals surface area contributed by atoms with E-state index in [9.17, 15) is 4.79 Å². The van der Waals surface area contributed by atoms with Gasteiger partial charge in [-0.2, -0.15) is 0 Å². The first-order valence-corrected chi connectivity index (χ1v) is 9.26. The lowest BCUT2D eigenvalue weighted by atomic mass is 9.89. The molecule has 0 aliphatic carbocycles. The first kappa shape index (κ1) is 17.7. The van der Waals surface area contributed by atoms with E-state index in [1.807, 2.05) is 41.3 Å². The number of likely N-dealkylation sites (tertiary alicyclic amines) is 1. The average Bonchev–Trinajstić information content (AvgIpc) is 3.36. The van der Waals surface area contributed by atoms with Crippen molar-refractivity contribution in [3.8, 4) is 5.69 Å². The van der Waals surface area contributed by atoms with Crippen molar-refractivity contribution in [2.45, 2.75) is 5.92 Å². The quantitative estimate of drug-likeness (QED) is 0.753. The molecule has 138 valence electrons. The fourth-order valence-electron chi connectivity index (χ4n) is 3.63. The molecule has 6 nitrogen and oxygen atoms in total. The van der Waals surface area contributed by atoms with Crippen LogP contribution in [0.1, 0.15) is 22.0 Å². The molecule has 1 aromatic heterocycles. The average molecular weight is 382 g/mol. The topological polar surface area (TPSA) is 77.0 Å². The molecule has 0 bridgehead atoms. The van der Waals surface area contributed by atoms with Crippen LogP contribution in [0.25, 0.3) is 5.69 Å². The second-order valence-corrected chi connectivity index (χ2v) is 7.13. The van der Waals surface area contributed by atoms with E-state index < -0.39 is 0 Å². The molecule has 2 atom stereocenters. The van der Waals surface area contributed by atoms with Gasteiger partial charge in [-0.15, -0.1) is 5.10 Å². The molecule has 0 spiro atoms. The third kappa shape index (κ3) is 3.46. The smallest absolute Gasteiger partial charge is 0.276 e. The predicted octanol–water partition coefficient (Wildman–Crippen LogP) is 2.74. The Hall–Kier alpha value is -2.70. The Bertz CT molecular complexity index is 942. The maximum Gasteiger partial charge on any atom is 0.276 e. The molecule has 1 saturated heterocycles. The molecule has 27 heavy (non-hydrogen) atoms. The van der Waals surface area contributed by atoms with E-state index in [1.54, 1.807) is 12.3 Å². The summed E-state index contributed by atoms with van der Waals surface area (Å²) in [5.41, 5.74) is 8.18. The van der Waals surface area contributed by atoms with Gasteiger partial charge in [0.25, 0.3) is 5.91 Å². The van der Waals surface area contributed by atoms with Gasteiger partial charge >= 0.3 is 0 Å². The molecule has 0 radical (unpaired) electrons. The highest BCUT2D eigenvalue weighted by Gasteiger charge is 2.36.